The molecule has 0 aliphatic carbocycles. The Labute approximate surface area is 177 Å². The van der Waals surface area contributed by atoms with Gasteiger partial charge in [0.15, 0.2) is 5.82 Å². The quantitative estimate of drug-likeness (QED) is 0.484. The van der Waals surface area contributed by atoms with Crippen LogP contribution in [0.25, 0.3) is 17.1 Å². The molecular weight excluding hydrogens is 402 g/mol. The molecule has 1 aromatic heterocycles. The van der Waals surface area contributed by atoms with Crippen LogP contribution in [0.1, 0.15) is 17.5 Å². The van der Waals surface area contributed by atoms with Crippen molar-refractivity contribution in [3.05, 3.63) is 90.3 Å². The number of benzene rings is 3. The largest absolute Gasteiger partial charge is 0.494 e. The van der Waals surface area contributed by atoms with Crippen molar-refractivity contribution in [3.8, 4) is 22.8 Å². The van der Waals surface area contributed by atoms with Crippen molar-refractivity contribution in [2.24, 2.45) is 0 Å². The summed E-state index contributed by atoms with van der Waals surface area (Å²) in [7, 11) is 0. The summed E-state index contributed by atoms with van der Waals surface area (Å²) in [6.07, 6.45) is 0. The van der Waals surface area contributed by atoms with Crippen LogP contribution in [0.2, 0.25) is 0 Å². The van der Waals surface area contributed by atoms with Gasteiger partial charge in [0.25, 0.3) is 5.91 Å². The maximum atomic E-state index is 13.9. The first-order valence-electron chi connectivity index (χ1n) is 9.57. The second-order valence-corrected chi connectivity index (χ2v) is 6.54. The monoisotopic (exact) mass is 420 g/mol. The highest BCUT2D eigenvalue weighted by Crippen LogP contribution is 2.24. The van der Waals surface area contributed by atoms with Crippen LogP contribution in [0.4, 0.5) is 14.5 Å². The number of hydrogen-bond acceptors (Lipinski definition) is 4. The van der Waals surface area contributed by atoms with E-state index in [1.54, 1.807) is 42.5 Å². The summed E-state index contributed by atoms with van der Waals surface area (Å²) >= 11 is 0. The van der Waals surface area contributed by atoms with Gasteiger partial charge in [0.2, 0.25) is 5.82 Å². The summed E-state index contributed by atoms with van der Waals surface area (Å²) in [4.78, 5) is 17.0. The van der Waals surface area contributed by atoms with Crippen LogP contribution in [0, 0.1) is 11.6 Å². The number of hydrogen-bond donors (Lipinski definition) is 1. The van der Waals surface area contributed by atoms with Gasteiger partial charge in [0, 0.05) is 5.56 Å². The number of amides is 1. The van der Waals surface area contributed by atoms with E-state index in [1.807, 2.05) is 6.92 Å². The van der Waals surface area contributed by atoms with Gasteiger partial charge >= 0.3 is 0 Å². The second-order valence-electron chi connectivity index (χ2n) is 6.54. The third-order valence-electron chi connectivity index (χ3n) is 4.43. The minimum absolute atomic E-state index is 0.0215. The van der Waals surface area contributed by atoms with E-state index in [1.165, 1.54) is 35.0 Å². The third-order valence-corrected chi connectivity index (χ3v) is 4.43. The zero-order valence-electron chi connectivity index (χ0n) is 16.5. The van der Waals surface area contributed by atoms with Gasteiger partial charge in [-0.15, -0.1) is 5.10 Å². The molecule has 4 rings (SSSR count). The normalized spacial score (nSPS) is 10.7. The first kappa shape index (κ1) is 20.2. The Morgan fingerprint density at radius 1 is 1.00 bits per heavy atom. The van der Waals surface area contributed by atoms with Crippen molar-refractivity contribution in [1.82, 2.24) is 14.8 Å². The molecule has 0 radical (unpaired) electrons. The minimum atomic E-state index is -0.668. The lowest BCUT2D eigenvalue weighted by Crippen LogP contribution is -2.15. The lowest BCUT2D eigenvalue weighted by atomic mass is 10.2. The molecule has 4 aromatic rings. The molecule has 0 bridgehead atoms. The van der Waals surface area contributed by atoms with Gasteiger partial charge in [-0.3, -0.25) is 4.79 Å². The van der Waals surface area contributed by atoms with E-state index in [4.69, 9.17) is 4.74 Å². The van der Waals surface area contributed by atoms with Gasteiger partial charge in [-0.05, 0) is 67.6 Å². The summed E-state index contributed by atoms with van der Waals surface area (Å²) in [5, 5.41) is 6.79. The number of halogens is 2. The van der Waals surface area contributed by atoms with E-state index in [-0.39, 0.29) is 11.5 Å². The standard InChI is InChI=1S/C23H18F2N4O2/c1-2-31-18-13-11-17(12-14-18)29-22(15-7-9-16(24)10-8-15)27-21(28-29)23(30)26-20-6-4-3-5-19(20)25/h3-14H,2H2,1H3,(H,26,30). The molecule has 156 valence electrons. The van der Waals surface area contributed by atoms with Gasteiger partial charge < -0.3 is 10.1 Å². The lowest BCUT2D eigenvalue weighted by Gasteiger charge is -2.08. The van der Waals surface area contributed by atoms with E-state index >= 15 is 0 Å². The third kappa shape index (κ3) is 4.42. The Hall–Kier alpha value is -4.07. The summed E-state index contributed by atoms with van der Waals surface area (Å²) in [6, 6.07) is 18.6. The molecule has 1 N–H and O–H groups in total. The fourth-order valence-electron chi connectivity index (χ4n) is 2.97. The number of anilines is 1. The number of para-hydroxylation sites is 1. The van der Waals surface area contributed by atoms with Crippen LogP contribution in [0.5, 0.6) is 5.75 Å². The molecule has 0 fully saturated rings. The minimum Gasteiger partial charge on any atom is -0.494 e. The Morgan fingerprint density at radius 3 is 2.39 bits per heavy atom. The number of carbonyl (C=O) groups excluding carboxylic acids is 1. The van der Waals surface area contributed by atoms with Crippen molar-refractivity contribution in [1.29, 1.82) is 0 Å². The van der Waals surface area contributed by atoms with E-state index in [2.05, 4.69) is 15.4 Å². The SMILES string of the molecule is CCOc1ccc(-n2nc(C(=O)Nc3ccccc3F)nc2-c2ccc(F)cc2)cc1. The van der Waals surface area contributed by atoms with Gasteiger partial charge in [0.05, 0.1) is 18.0 Å². The molecule has 1 heterocycles. The molecular formula is C23H18F2N4O2. The molecule has 3 aromatic carbocycles. The predicted octanol–water partition coefficient (Wildman–Crippen LogP) is 4.86. The van der Waals surface area contributed by atoms with Crippen molar-refractivity contribution < 1.29 is 18.3 Å². The molecule has 0 unspecified atom stereocenters. The smallest absolute Gasteiger partial charge is 0.295 e. The summed E-state index contributed by atoms with van der Waals surface area (Å²) in [6.45, 7) is 2.42. The van der Waals surface area contributed by atoms with Crippen LogP contribution in [0.3, 0.4) is 0 Å². The number of ether oxygens (including phenoxy) is 1. The van der Waals surface area contributed by atoms with Crippen LogP contribution < -0.4 is 10.1 Å². The summed E-state index contributed by atoms with van der Waals surface area (Å²) in [5.74, 6) is -0.765. The van der Waals surface area contributed by atoms with Crippen LogP contribution in [-0.4, -0.2) is 27.3 Å². The summed E-state index contributed by atoms with van der Waals surface area (Å²) < 4.78 is 34.2. The Kier molecular flexibility index (Phi) is 5.70. The number of aromatic nitrogens is 3. The number of nitrogens with one attached hydrogen (secondary N) is 1. The maximum Gasteiger partial charge on any atom is 0.295 e. The van der Waals surface area contributed by atoms with Crippen molar-refractivity contribution in [3.63, 3.8) is 0 Å². The topological polar surface area (TPSA) is 69.0 Å². The van der Waals surface area contributed by atoms with Crippen molar-refractivity contribution in [2.75, 3.05) is 11.9 Å². The first-order valence-corrected chi connectivity index (χ1v) is 9.57. The molecule has 0 spiro atoms. The zero-order chi connectivity index (χ0) is 21.8. The molecule has 31 heavy (non-hydrogen) atoms. The highest BCUT2D eigenvalue weighted by atomic mass is 19.1. The van der Waals surface area contributed by atoms with Crippen molar-refractivity contribution >= 4 is 11.6 Å². The van der Waals surface area contributed by atoms with E-state index in [0.717, 1.165) is 0 Å². The van der Waals surface area contributed by atoms with Gasteiger partial charge in [-0.25, -0.2) is 18.4 Å². The molecule has 0 aliphatic heterocycles. The van der Waals surface area contributed by atoms with E-state index in [9.17, 15) is 13.6 Å². The van der Waals surface area contributed by atoms with Gasteiger partial charge in [-0.1, -0.05) is 12.1 Å². The second kappa shape index (κ2) is 8.74. The van der Waals surface area contributed by atoms with Gasteiger partial charge in [0.1, 0.15) is 17.4 Å². The van der Waals surface area contributed by atoms with Crippen LogP contribution in [0.15, 0.2) is 72.8 Å². The fourth-order valence-corrected chi connectivity index (χ4v) is 2.97. The molecule has 0 atom stereocenters. The average Bonchev–Trinajstić information content (AvgIpc) is 3.22. The fraction of sp³-hybridized carbons (Fsp3) is 0.0870. The Balaban J connectivity index is 1.73. The predicted molar refractivity (Wildman–Crippen MR) is 112 cm³/mol. The van der Waals surface area contributed by atoms with E-state index < -0.39 is 17.5 Å². The van der Waals surface area contributed by atoms with Crippen LogP contribution >= 0.6 is 0 Å². The zero-order valence-corrected chi connectivity index (χ0v) is 16.5. The summed E-state index contributed by atoms with van der Waals surface area (Å²) in [5.41, 5.74) is 1.21. The molecule has 0 aliphatic rings. The maximum absolute atomic E-state index is 13.9. The highest BCUT2D eigenvalue weighted by Gasteiger charge is 2.20. The molecule has 0 saturated carbocycles. The molecule has 8 heteroatoms. The van der Waals surface area contributed by atoms with Crippen LogP contribution in [-0.2, 0) is 0 Å². The molecule has 6 nitrogen and oxygen atoms in total. The first-order chi connectivity index (χ1) is 15.0. The molecule has 1 amide bonds. The molecule has 0 saturated heterocycles. The Morgan fingerprint density at radius 2 is 1.71 bits per heavy atom. The van der Waals surface area contributed by atoms with E-state index in [0.29, 0.717) is 29.4 Å². The highest BCUT2D eigenvalue weighted by molar-refractivity contribution is 6.01. The van der Waals surface area contributed by atoms with Crippen molar-refractivity contribution in [2.45, 2.75) is 6.92 Å². The number of carbonyl (C=O) groups is 1. The number of rotatable bonds is 6. The Bertz CT molecular complexity index is 1210. The number of nitrogens with zero attached hydrogens (tertiary/aromatic N) is 3. The lowest BCUT2D eigenvalue weighted by molar-refractivity contribution is 0.101. The average molecular weight is 420 g/mol. The van der Waals surface area contributed by atoms with Gasteiger partial charge in [-0.2, -0.15) is 0 Å².